The summed E-state index contributed by atoms with van der Waals surface area (Å²) in [5, 5.41) is 16.4. The van der Waals surface area contributed by atoms with Crippen molar-refractivity contribution in [3.63, 3.8) is 0 Å². The highest BCUT2D eigenvalue weighted by Crippen LogP contribution is 2.52. The van der Waals surface area contributed by atoms with Crippen molar-refractivity contribution in [1.82, 2.24) is 15.6 Å². The molecule has 1 atom stereocenters. The van der Waals surface area contributed by atoms with Gasteiger partial charge in [-0.05, 0) is 56.4 Å². The third kappa shape index (κ3) is 5.41. The van der Waals surface area contributed by atoms with E-state index in [4.69, 9.17) is 16.3 Å². The van der Waals surface area contributed by atoms with Crippen LogP contribution in [-0.2, 0) is 22.3 Å². The fourth-order valence-electron chi connectivity index (χ4n) is 4.92. The Morgan fingerprint density at radius 3 is 2.47 bits per heavy atom. The second-order valence-corrected chi connectivity index (χ2v) is 9.70. The lowest BCUT2D eigenvalue weighted by molar-refractivity contribution is -0.156. The number of ether oxygens (including phenoxy) is 1. The van der Waals surface area contributed by atoms with Gasteiger partial charge in [-0.1, -0.05) is 11.6 Å². The number of benzene rings is 1. The number of aliphatic hydroxyl groups is 1. The van der Waals surface area contributed by atoms with E-state index in [0.29, 0.717) is 31.9 Å². The van der Waals surface area contributed by atoms with E-state index in [9.17, 15) is 32.3 Å². The molecule has 12 heteroatoms. The summed E-state index contributed by atoms with van der Waals surface area (Å²) in [7, 11) is 0. The zero-order valence-electron chi connectivity index (χ0n) is 19.0. The molecule has 1 aromatic heterocycles. The van der Waals surface area contributed by atoms with Crippen molar-refractivity contribution in [2.45, 2.75) is 56.5 Å². The average Bonchev–Trinajstić information content (AvgIpc) is 2.83. The SMILES string of the molecule is O=C(COc1ccc(Cl)c(F)c1)NC12CCC(C(=O)NCc3ccc(C(F)(F)F)cn3)(CC1)C(O)C2. The van der Waals surface area contributed by atoms with Crippen molar-refractivity contribution in [3.05, 3.63) is 58.6 Å². The van der Waals surface area contributed by atoms with E-state index in [1.165, 1.54) is 18.2 Å². The van der Waals surface area contributed by atoms with Crippen LogP contribution in [-0.4, -0.2) is 40.2 Å². The van der Waals surface area contributed by atoms with Crippen molar-refractivity contribution < 1.29 is 37.0 Å². The van der Waals surface area contributed by atoms with Crippen molar-refractivity contribution in [1.29, 1.82) is 0 Å². The average molecular weight is 530 g/mol. The number of hydrogen-bond acceptors (Lipinski definition) is 5. The predicted octanol–water partition coefficient (Wildman–Crippen LogP) is 3.77. The first-order valence-corrected chi connectivity index (χ1v) is 11.7. The van der Waals surface area contributed by atoms with Crippen LogP contribution in [0, 0.1) is 11.2 Å². The lowest BCUT2D eigenvalue weighted by Gasteiger charge is -2.55. The zero-order chi connectivity index (χ0) is 26.1. The van der Waals surface area contributed by atoms with E-state index in [2.05, 4.69) is 15.6 Å². The highest BCUT2D eigenvalue weighted by molar-refractivity contribution is 6.30. The normalized spacial score (nSPS) is 25.3. The summed E-state index contributed by atoms with van der Waals surface area (Å²) in [5.41, 5.74) is -2.36. The fourth-order valence-corrected chi connectivity index (χ4v) is 5.04. The van der Waals surface area contributed by atoms with Crippen LogP contribution in [0.1, 0.15) is 43.4 Å². The molecule has 0 spiro atoms. The molecule has 2 aromatic rings. The summed E-state index contributed by atoms with van der Waals surface area (Å²) in [6.07, 6.45) is -3.08. The number of carbonyl (C=O) groups is 2. The Labute approximate surface area is 209 Å². The van der Waals surface area contributed by atoms with Crippen molar-refractivity contribution in [2.24, 2.45) is 5.41 Å². The van der Waals surface area contributed by atoms with E-state index in [0.717, 1.165) is 12.1 Å². The molecule has 3 saturated carbocycles. The molecule has 36 heavy (non-hydrogen) atoms. The number of pyridine rings is 1. The molecule has 3 fully saturated rings. The van der Waals surface area contributed by atoms with Crippen molar-refractivity contribution in [2.75, 3.05) is 6.61 Å². The minimum absolute atomic E-state index is 0.0627. The first kappa shape index (κ1) is 26.2. The summed E-state index contributed by atoms with van der Waals surface area (Å²) in [5.74, 6) is -1.36. The van der Waals surface area contributed by atoms with Gasteiger partial charge in [-0.15, -0.1) is 0 Å². The Bertz CT molecular complexity index is 1140. The van der Waals surface area contributed by atoms with Crippen LogP contribution in [0.5, 0.6) is 5.75 Å². The topological polar surface area (TPSA) is 101 Å². The monoisotopic (exact) mass is 529 g/mol. The van der Waals surface area contributed by atoms with E-state index < -0.39 is 46.4 Å². The zero-order valence-corrected chi connectivity index (χ0v) is 19.8. The van der Waals surface area contributed by atoms with Crippen LogP contribution in [0.2, 0.25) is 5.02 Å². The number of nitrogens with one attached hydrogen (secondary N) is 2. The lowest BCUT2D eigenvalue weighted by Crippen LogP contribution is -2.65. The van der Waals surface area contributed by atoms with Gasteiger partial charge in [0.25, 0.3) is 5.91 Å². The van der Waals surface area contributed by atoms with Gasteiger partial charge in [-0.2, -0.15) is 13.2 Å². The third-order valence-electron chi connectivity index (χ3n) is 7.02. The van der Waals surface area contributed by atoms with Gasteiger partial charge in [0.1, 0.15) is 11.6 Å². The third-order valence-corrected chi connectivity index (χ3v) is 7.33. The highest BCUT2D eigenvalue weighted by Gasteiger charge is 2.58. The molecule has 2 bridgehead atoms. The van der Waals surface area contributed by atoms with Crippen molar-refractivity contribution in [3.8, 4) is 5.75 Å². The maximum absolute atomic E-state index is 13.5. The molecular formula is C24H24ClF4N3O4. The second-order valence-electron chi connectivity index (χ2n) is 9.29. The van der Waals surface area contributed by atoms with Crippen LogP contribution in [0.3, 0.4) is 0 Å². The number of fused-ring (bicyclic) bond motifs is 3. The smallest absolute Gasteiger partial charge is 0.417 e. The largest absolute Gasteiger partial charge is 0.484 e. The molecule has 2 amide bonds. The standard InChI is InChI=1S/C24H24ClF4N3O4/c25-17-4-3-16(9-18(17)26)36-13-20(34)32-22-5-7-23(8-6-22,19(33)10-22)21(35)31-12-15-2-1-14(11-30-15)24(27,28)29/h1-4,9,11,19,33H,5-8,10,12-13H2,(H,31,35)(H,32,34). The maximum Gasteiger partial charge on any atom is 0.417 e. The molecule has 3 N–H and O–H groups in total. The Balaban J connectivity index is 1.30. The van der Waals surface area contributed by atoms with Crippen molar-refractivity contribution >= 4 is 23.4 Å². The number of rotatable bonds is 7. The summed E-state index contributed by atoms with van der Waals surface area (Å²) in [6, 6.07) is 5.92. The summed E-state index contributed by atoms with van der Waals surface area (Å²) >= 11 is 5.63. The number of halogens is 5. The number of amides is 2. The van der Waals surface area contributed by atoms with Crippen LogP contribution in [0.15, 0.2) is 36.5 Å². The predicted molar refractivity (Wildman–Crippen MR) is 120 cm³/mol. The Hall–Kier alpha value is -2.92. The molecule has 7 nitrogen and oxygen atoms in total. The molecule has 194 valence electrons. The quantitative estimate of drug-likeness (QED) is 0.474. The number of alkyl halides is 3. The molecule has 1 unspecified atom stereocenters. The summed E-state index contributed by atoms with van der Waals surface area (Å²) in [6.45, 7) is -0.430. The number of aliphatic hydroxyl groups excluding tert-OH is 1. The Kier molecular flexibility index (Phi) is 7.16. The van der Waals surface area contributed by atoms with E-state index >= 15 is 0 Å². The van der Waals surface area contributed by atoms with Gasteiger partial charge in [0.15, 0.2) is 6.61 Å². The molecule has 3 aliphatic carbocycles. The van der Waals surface area contributed by atoms with E-state index in [-0.39, 0.29) is 36.0 Å². The summed E-state index contributed by atoms with van der Waals surface area (Å²) in [4.78, 5) is 29.2. The van der Waals surface area contributed by atoms with Gasteiger partial charge in [0.05, 0.1) is 34.3 Å². The molecule has 0 aliphatic heterocycles. The van der Waals surface area contributed by atoms with Gasteiger partial charge in [-0.3, -0.25) is 14.6 Å². The second kappa shape index (κ2) is 9.85. The van der Waals surface area contributed by atoms with Gasteiger partial charge in [-0.25, -0.2) is 4.39 Å². The van der Waals surface area contributed by atoms with Crippen LogP contribution in [0.4, 0.5) is 17.6 Å². The van der Waals surface area contributed by atoms with Gasteiger partial charge >= 0.3 is 6.18 Å². The van der Waals surface area contributed by atoms with Crippen LogP contribution >= 0.6 is 11.6 Å². The first-order chi connectivity index (χ1) is 16.9. The van der Waals surface area contributed by atoms with Gasteiger partial charge < -0.3 is 20.5 Å². The van der Waals surface area contributed by atoms with Gasteiger partial charge in [0, 0.05) is 17.8 Å². The number of nitrogens with zero attached hydrogens (tertiary/aromatic N) is 1. The molecule has 1 heterocycles. The Morgan fingerprint density at radius 2 is 1.89 bits per heavy atom. The maximum atomic E-state index is 13.5. The number of hydrogen-bond donors (Lipinski definition) is 3. The van der Waals surface area contributed by atoms with Crippen LogP contribution < -0.4 is 15.4 Å². The molecule has 5 rings (SSSR count). The molecule has 3 aliphatic rings. The molecule has 1 aromatic carbocycles. The minimum Gasteiger partial charge on any atom is -0.484 e. The Morgan fingerprint density at radius 1 is 1.17 bits per heavy atom. The minimum atomic E-state index is -4.50. The van der Waals surface area contributed by atoms with E-state index in [1.807, 2.05) is 0 Å². The lowest BCUT2D eigenvalue weighted by atomic mass is 9.55. The number of carbonyl (C=O) groups excluding carboxylic acids is 2. The molecule has 0 saturated heterocycles. The molecule has 0 radical (unpaired) electrons. The van der Waals surface area contributed by atoms with Gasteiger partial charge in [0.2, 0.25) is 5.91 Å². The van der Waals surface area contributed by atoms with Crippen LogP contribution in [0.25, 0.3) is 0 Å². The number of aromatic nitrogens is 1. The highest BCUT2D eigenvalue weighted by atomic mass is 35.5. The first-order valence-electron chi connectivity index (χ1n) is 11.3. The van der Waals surface area contributed by atoms with E-state index in [1.54, 1.807) is 0 Å². The molecular weight excluding hydrogens is 506 g/mol. The fraction of sp³-hybridized carbons (Fsp3) is 0.458. The summed E-state index contributed by atoms with van der Waals surface area (Å²) < 4.78 is 56.9.